The highest BCUT2D eigenvalue weighted by Gasteiger charge is 2.32. The SMILES string of the molecule is COc1ccc(CN2CCN(C(=O)C[C@@H]3NC(=O)c4ccccc4NC3=O)CC2)c(OC)c1OC. The Hall–Kier alpha value is -3.79. The van der Waals surface area contributed by atoms with Crippen LogP contribution in [0.3, 0.4) is 0 Å². The van der Waals surface area contributed by atoms with Gasteiger partial charge in [0.15, 0.2) is 11.5 Å². The number of rotatable bonds is 7. The molecule has 2 aliphatic rings. The smallest absolute Gasteiger partial charge is 0.254 e. The van der Waals surface area contributed by atoms with Gasteiger partial charge in [0.2, 0.25) is 17.6 Å². The van der Waals surface area contributed by atoms with Gasteiger partial charge in [0.25, 0.3) is 5.91 Å². The van der Waals surface area contributed by atoms with E-state index < -0.39 is 11.9 Å². The van der Waals surface area contributed by atoms with Gasteiger partial charge in [0.05, 0.1) is 39.0 Å². The molecule has 2 aromatic carbocycles. The lowest BCUT2D eigenvalue weighted by molar-refractivity contribution is -0.135. The predicted octanol–water partition coefficient (Wildman–Crippen LogP) is 1.50. The van der Waals surface area contributed by atoms with Crippen molar-refractivity contribution in [1.29, 1.82) is 0 Å². The molecule has 2 aliphatic heterocycles. The molecule has 0 aliphatic carbocycles. The zero-order valence-electron chi connectivity index (χ0n) is 20.1. The van der Waals surface area contributed by atoms with E-state index in [9.17, 15) is 14.4 Å². The van der Waals surface area contributed by atoms with Gasteiger partial charge in [-0.1, -0.05) is 18.2 Å². The molecule has 0 spiro atoms. The summed E-state index contributed by atoms with van der Waals surface area (Å²) in [5, 5.41) is 5.43. The number of carbonyl (C=O) groups is 3. The average Bonchev–Trinajstić information content (AvgIpc) is 2.99. The van der Waals surface area contributed by atoms with Crippen LogP contribution in [-0.4, -0.2) is 81.1 Å². The molecular formula is C25H30N4O6. The fourth-order valence-corrected chi connectivity index (χ4v) is 4.44. The number of nitrogens with zero attached hydrogens (tertiary/aromatic N) is 2. The lowest BCUT2D eigenvalue weighted by Gasteiger charge is -2.35. The lowest BCUT2D eigenvalue weighted by Crippen LogP contribution is -2.51. The number of methoxy groups -OCH3 is 3. The summed E-state index contributed by atoms with van der Waals surface area (Å²) in [6.45, 7) is 3.01. The summed E-state index contributed by atoms with van der Waals surface area (Å²) < 4.78 is 16.4. The summed E-state index contributed by atoms with van der Waals surface area (Å²) in [6, 6.07) is 9.66. The van der Waals surface area contributed by atoms with Crippen LogP contribution in [0.2, 0.25) is 0 Å². The quantitative estimate of drug-likeness (QED) is 0.616. The normalized spacial score (nSPS) is 18.1. The fraction of sp³-hybridized carbons (Fsp3) is 0.400. The molecule has 35 heavy (non-hydrogen) atoms. The van der Waals surface area contributed by atoms with E-state index in [0.717, 1.165) is 5.56 Å². The first-order chi connectivity index (χ1) is 16.9. The number of nitrogens with one attached hydrogen (secondary N) is 2. The number of ether oxygens (including phenoxy) is 3. The van der Waals surface area contributed by atoms with Crippen LogP contribution < -0.4 is 24.8 Å². The number of fused-ring (bicyclic) bond motifs is 1. The molecule has 0 radical (unpaired) electrons. The van der Waals surface area contributed by atoms with E-state index in [1.54, 1.807) is 50.5 Å². The maximum atomic E-state index is 12.9. The fourth-order valence-electron chi connectivity index (χ4n) is 4.44. The molecule has 3 amide bonds. The van der Waals surface area contributed by atoms with E-state index >= 15 is 0 Å². The molecule has 10 heteroatoms. The van der Waals surface area contributed by atoms with Crippen molar-refractivity contribution in [2.24, 2.45) is 0 Å². The topological polar surface area (TPSA) is 109 Å². The minimum Gasteiger partial charge on any atom is -0.493 e. The molecule has 1 atom stereocenters. The van der Waals surface area contributed by atoms with Crippen molar-refractivity contribution in [1.82, 2.24) is 15.1 Å². The summed E-state index contributed by atoms with van der Waals surface area (Å²) in [5.41, 5.74) is 1.79. The van der Waals surface area contributed by atoms with Crippen LogP contribution in [0.5, 0.6) is 17.2 Å². The number of anilines is 1. The predicted molar refractivity (Wildman–Crippen MR) is 129 cm³/mol. The molecule has 0 aromatic heterocycles. The Balaban J connectivity index is 1.34. The van der Waals surface area contributed by atoms with Crippen molar-refractivity contribution in [3.8, 4) is 17.2 Å². The van der Waals surface area contributed by atoms with Gasteiger partial charge in [-0.15, -0.1) is 0 Å². The first-order valence-electron chi connectivity index (χ1n) is 11.4. The Bertz CT molecular complexity index is 1110. The maximum Gasteiger partial charge on any atom is 0.254 e. The van der Waals surface area contributed by atoms with Gasteiger partial charge >= 0.3 is 0 Å². The standard InChI is InChI=1S/C25H30N4O6/c1-33-20-9-8-16(22(34-2)23(20)35-3)15-28-10-12-29(13-11-28)21(30)14-19-25(32)26-18-7-5-4-6-17(18)24(31)27-19/h4-9,19H,10-15H2,1-3H3,(H,26,32)(H,27,31)/t19-/m0/s1. The number of para-hydroxylation sites is 1. The molecule has 0 saturated carbocycles. The summed E-state index contributed by atoms with van der Waals surface area (Å²) in [6.07, 6.45) is -0.0882. The Morgan fingerprint density at radius 2 is 1.66 bits per heavy atom. The third-order valence-corrected chi connectivity index (χ3v) is 6.33. The van der Waals surface area contributed by atoms with Crippen molar-refractivity contribution in [2.45, 2.75) is 19.0 Å². The van der Waals surface area contributed by atoms with Gasteiger partial charge in [-0.2, -0.15) is 0 Å². The lowest BCUT2D eigenvalue weighted by atomic mass is 10.1. The minimum atomic E-state index is -0.920. The molecular weight excluding hydrogens is 452 g/mol. The summed E-state index contributed by atoms with van der Waals surface area (Å²) >= 11 is 0. The van der Waals surface area contributed by atoms with Crippen LogP contribution in [0.4, 0.5) is 5.69 Å². The zero-order chi connectivity index (χ0) is 24.9. The molecule has 0 bridgehead atoms. The Morgan fingerprint density at radius 1 is 0.943 bits per heavy atom. The van der Waals surface area contributed by atoms with Crippen molar-refractivity contribution >= 4 is 23.4 Å². The molecule has 2 heterocycles. The Labute approximate surface area is 204 Å². The van der Waals surface area contributed by atoms with Crippen LogP contribution in [0.25, 0.3) is 0 Å². The van der Waals surface area contributed by atoms with Crippen molar-refractivity contribution in [3.05, 3.63) is 47.5 Å². The van der Waals surface area contributed by atoms with Crippen molar-refractivity contribution in [3.63, 3.8) is 0 Å². The number of hydrogen-bond donors (Lipinski definition) is 2. The van der Waals surface area contributed by atoms with Gasteiger partial charge in [0, 0.05) is 38.3 Å². The minimum absolute atomic E-state index is 0.0882. The molecule has 1 saturated heterocycles. The number of piperazine rings is 1. The third-order valence-electron chi connectivity index (χ3n) is 6.33. The van der Waals surface area contributed by atoms with E-state index in [1.165, 1.54) is 0 Å². The van der Waals surface area contributed by atoms with Gasteiger partial charge in [0.1, 0.15) is 6.04 Å². The molecule has 2 N–H and O–H groups in total. The van der Waals surface area contributed by atoms with Crippen LogP contribution >= 0.6 is 0 Å². The van der Waals surface area contributed by atoms with Crippen molar-refractivity contribution < 1.29 is 28.6 Å². The third kappa shape index (κ3) is 5.17. The first-order valence-corrected chi connectivity index (χ1v) is 11.4. The number of carbonyl (C=O) groups excluding carboxylic acids is 3. The molecule has 1 fully saturated rings. The van der Waals surface area contributed by atoms with E-state index in [0.29, 0.717) is 61.2 Å². The number of hydrogen-bond acceptors (Lipinski definition) is 7. The number of amides is 3. The molecule has 4 rings (SSSR count). The van der Waals surface area contributed by atoms with Crippen molar-refractivity contribution in [2.75, 3.05) is 52.8 Å². The highest BCUT2D eigenvalue weighted by molar-refractivity contribution is 6.10. The van der Waals surface area contributed by atoms with Crippen LogP contribution in [0, 0.1) is 0 Å². The largest absolute Gasteiger partial charge is 0.493 e. The van der Waals surface area contributed by atoms with Crippen LogP contribution in [0.1, 0.15) is 22.3 Å². The highest BCUT2D eigenvalue weighted by Crippen LogP contribution is 2.40. The van der Waals surface area contributed by atoms with Crippen LogP contribution in [-0.2, 0) is 16.1 Å². The highest BCUT2D eigenvalue weighted by atomic mass is 16.5. The second-order valence-corrected chi connectivity index (χ2v) is 8.42. The second-order valence-electron chi connectivity index (χ2n) is 8.42. The Kier molecular flexibility index (Phi) is 7.40. The molecule has 186 valence electrons. The van der Waals surface area contributed by atoms with Gasteiger partial charge in [-0.05, 0) is 18.2 Å². The van der Waals surface area contributed by atoms with E-state index in [2.05, 4.69) is 15.5 Å². The first kappa shape index (κ1) is 24.3. The Morgan fingerprint density at radius 3 is 2.34 bits per heavy atom. The molecule has 10 nitrogen and oxygen atoms in total. The molecule has 0 unspecified atom stereocenters. The monoisotopic (exact) mass is 482 g/mol. The van der Waals surface area contributed by atoms with E-state index in [1.807, 2.05) is 12.1 Å². The van der Waals surface area contributed by atoms with Crippen LogP contribution in [0.15, 0.2) is 36.4 Å². The second kappa shape index (κ2) is 10.6. The summed E-state index contributed by atoms with van der Waals surface area (Å²) in [4.78, 5) is 42.0. The molecule has 2 aromatic rings. The van der Waals surface area contributed by atoms with Gasteiger partial charge < -0.3 is 29.7 Å². The van der Waals surface area contributed by atoms with Gasteiger partial charge in [-0.3, -0.25) is 19.3 Å². The van der Waals surface area contributed by atoms with E-state index in [4.69, 9.17) is 14.2 Å². The average molecular weight is 483 g/mol. The summed E-state index contributed by atoms with van der Waals surface area (Å²) in [5.74, 6) is 0.843. The zero-order valence-corrected chi connectivity index (χ0v) is 20.1. The number of benzene rings is 2. The maximum absolute atomic E-state index is 12.9. The van der Waals surface area contributed by atoms with E-state index in [-0.39, 0.29) is 18.2 Å². The summed E-state index contributed by atoms with van der Waals surface area (Å²) in [7, 11) is 4.75. The van der Waals surface area contributed by atoms with Gasteiger partial charge in [-0.25, -0.2) is 0 Å².